The van der Waals surface area contributed by atoms with Gasteiger partial charge >= 0.3 is 5.97 Å². The molecule has 32 heavy (non-hydrogen) atoms. The van der Waals surface area contributed by atoms with Gasteiger partial charge in [0.2, 0.25) is 0 Å². The van der Waals surface area contributed by atoms with Gasteiger partial charge in [0, 0.05) is 32.0 Å². The summed E-state index contributed by atoms with van der Waals surface area (Å²) in [6, 6.07) is 7.53. The van der Waals surface area contributed by atoms with Crippen molar-refractivity contribution >= 4 is 27.6 Å². The first kappa shape index (κ1) is 23.9. The number of piperidine rings is 1. The number of carbonyl (C=O) groups is 2. The maximum absolute atomic E-state index is 12.8. The molecule has 174 valence electrons. The summed E-state index contributed by atoms with van der Waals surface area (Å²) >= 11 is 0. The van der Waals surface area contributed by atoms with E-state index in [1.165, 1.54) is 10.5 Å². The molecule has 1 N–H and O–H groups in total. The molecule has 2 aromatic rings. The number of esters is 1. The minimum Gasteiger partial charge on any atom is -0.455 e. The van der Waals surface area contributed by atoms with Crippen LogP contribution < -0.4 is 5.32 Å². The molecule has 9 nitrogen and oxygen atoms in total. The number of amides is 1. The predicted molar refractivity (Wildman–Crippen MR) is 120 cm³/mol. The van der Waals surface area contributed by atoms with Gasteiger partial charge in [0.25, 0.3) is 15.9 Å². The minimum absolute atomic E-state index is 0.0109. The van der Waals surface area contributed by atoms with Crippen molar-refractivity contribution in [2.24, 2.45) is 13.0 Å². The first-order valence-corrected chi connectivity index (χ1v) is 12.1. The third-order valence-electron chi connectivity index (χ3n) is 5.66. The van der Waals surface area contributed by atoms with Crippen LogP contribution in [0.3, 0.4) is 0 Å². The summed E-state index contributed by atoms with van der Waals surface area (Å²) in [5, 5.41) is 2.75. The second-order valence-electron chi connectivity index (χ2n) is 8.35. The fourth-order valence-corrected chi connectivity index (χ4v) is 5.04. The van der Waals surface area contributed by atoms with Gasteiger partial charge in [0.15, 0.2) is 11.6 Å². The van der Waals surface area contributed by atoms with Crippen LogP contribution >= 0.6 is 0 Å². The van der Waals surface area contributed by atoms with Gasteiger partial charge in [-0.2, -0.15) is 4.31 Å². The summed E-state index contributed by atoms with van der Waals surface area (Å²) in [4.78, 5) is 28.7. The number of hydrogen-bond acceptors (Lipinski definition) is 6. The Labute approximate surface area is 188 Å². The molecule has 0 radical (unpaired) electrons. The molecule has 0 aliphatic carbocycles. The third-order valence-corrected chi connectivity index (χ3v) is 7.43. The molecular weight excluding hydrogens is 432 g/mol. The average molecular weight is 463 g/mol. The molecule has 0 spiro atoms. The number of nitrogens with one attached hydrogen (secondary N) is 1. The predicted octanol–water partition coefficient (Wildman–Crippen LogP) is 2.43. The Morgan fingerprint density at radius 1 is 1.25 bits per heavy atom. The SMILES string of the molecule is Cc1nc(S(=O)(=O)N2CCC(C(=O)OCC(=O)Nc3cccc(C(C)C)c3)CC2)cn1C. The van der Waals surface area contributed by atoms with Crippen molar-refractivity contribution in [3.05, 3.63) is 41.9 Å². The van der Waals surface area contributed by atoms with Gasteiger partial charge in [-0.05, 0) is 43.4 Å². The number of imidazole rings is 1. The highest BCUT2D eigenvalue weighted by molar-refractivity contribution is 7.89. The lowest BCUT2D eigenvalue weighted by atomic mass is 9.98. The smallest absolute Gasteiger partial charge is 0.309 e. The summed E-state index contributed by atoms with van der Waals surface area (Å²) in [5.41, 5.74) is 1.75. The fraction of sp³-hybridized carbons (Fsp3) is 0.500. The van der Waals surface area contributed by atoms with Crippen molar-refractivity contribution in [1.82, 2.24) is 13.9 Å². The quantitative estimate of drug-likeness (QED) is 0.633. The fourth-order valence-electron chi connectivity index (χ4n) is 3.54. The number of benzene rings is 1. The van der Waals surface area contributed by atoms with Crippen molar-refractivity contribution in [1.29, 1.82) is 0 Å². The molecule has 1 aliphatic heterocycles. The zero-order valence-corrected chi connectivity index (χ0v) is 19.7. The summed E-state index contributed by atoms with van der Waals surface area (Å²) in [5.74, 6) is -0.395. The van der Waals surface area contributed by atoms with Gasteiger partial charge in [-0.25, -0.2) is 13.4 Å². The molecule has 1 aromatic carbocycles. The van der Waals surface area contributed by atoms with Crippen molar-refractivity contribution in [3.8, 4) is 0 Å². The highest BCUT2D eigenvalue weighted by Crippen LogP contribution is 2.24. The Balaban J connectivity index is 1.48. The van der Waals surface area contributed by atoms with Gasteiger partial charge in [0.05, 0.1) is 5.92 Å². The molecule has 1 amide bonds. The first-order chi connectivity index (χ1) is 15.1. The Morgan fingerprint density at radius 3 is 2.53 bits per heavy atom. The van der Waals surface area contributed by atoms with Gasteiger partial charge in [0.1, 0.15) is 5.82 Å². The molecular formula is C22H30N4O5S. The zero-order chi connectivity index (χ0) is 23.5. The number of sulfonamides is 1. The zero-order valence-electron chi connectivity index (χ0n) is 18.9. The van der Waals surface area contributed by atoms with Crippen molar-refractivity contribution in [2.75, 3.05) is 25.0 Å². The molecule has 10 heteroatoms. The Kier molecular flexibility index (Phi) is 7.35. The Bertz CT molecular complexity index is 1070. The van der Waals surface area contributed by atoms with Crippen LogP contribution in [0.4, 0.5) is 5.69 Å². The van der Waals surface area contributed by atoms with Crippen LogP contribution in [0.15, 0.2) is 35.5 Å². The van der Waals surface area contributed by atoms with E-state index in [0.29, 0.717) is 30.3 Å². The monoisotopic (exact) mass is 462 g/mol. The maximum atomic E-state index is 12.8. The largest absolute Gasteiger partial charge is 0.455 e. The lowest BCUT2D eigenvalue weighted by molar-refractivity contribution is -0.152. The molecule has 1 saturated heterocycles. The van der Waals surface area contributed by atoms with Gasteiger partial charge in [-0.3, -0.25) is 9.59 Å². The molecule has 1 aromatic heterocycles. The molecule has 0 atom stereocenters. The number of aryl methyl sites for hydroxylation is 2. The minimum atomic E-state index is -3.70. The normalized spacial score (nSPS) is 15.7. The van der Waals surface area contributed by atoms with Gasteiger partial charge < -0.3 is 14.6 Å². The third kappa shape index (κ3) is 5.55. The van der Waals surface area contributed by atoms with E-state index in [-0.39, 0.29) is 24.7 Å². The average Bonchev–Trinajstić information content (AvgIpc) is 3.11. The van der Waals surface area contributed by atoms with Crippen molar-refractivity contribution < 1.29 is 22.7 Å². The molecule has 1 fully saturated rings. The van der Waals surface area contributed by atoms with E-state index >= 15 is 0 Å². The highest BCUT2D eigenvalue weighted by Gasteiger charge is 2.34. The van der Waals surface area contributed by atoms with E-state index in [9.17, 15) is 18.0 Å². The topological polar surface area (TPSA) is 111 Å². The second-order valence-corrected chi connectivity index (χ2v) is 10.2. The summed E-state index contributed by atoms with van der Waals surface area (Å²) in [7, 11) is -1.96. The Morgan fingerprint density at radius 2 is 1.94 bits per heavy atom. The van der Waals surface area contributed by atoms with E-state index in [4.69, 9.17) is 4.74 Å². The van der Waals surface area contributed by atoms with Crippen LogP contribution in [0.2, 0.25) is 0 Å². The van der Waals surface area contributed by atoms with Crippen LogP contribution in [0.5, 0.6) is 0 Å². The van der Waals surface area contributed by atoms with E-state index in [0.717, 1.165) is 5.56 Å². The van der Waals surface area contributed by atoms with E-state index in [1.807, 2.05) is 18.2 Å². The molecule has 3 rings (SSSR count). The van der Waals surface area contributed by atoms with Crippen molar-refractivity contribution in [2.45, 2.75) is 44.6 Å². The van der Waals surface area contributed by atoms with E-state index in [1.54, 1.807) is 24.6 Å². The van der Waals surface area contributed by atoms with Crippen LogP contribution in [0, 0.1) is 12.8 Å². The summed E-state index contributed by atoms with van der Waals surface area (Å²) in [6.45, 7) is 5.89. The van der Waals surface area contributed by atoms with Crippen molar-refractivity contribution in [3.63, 3.8) is 0 Å². The molecule has 0 bridgehead atoms. The highest BCUT2D eigenvalue weighted by atomic mass is 32.2. The number of aromatic nitrogens is 2. The molecule has 2 heterocycles. The van der Waals surface area contributed by atoms with Crippen LogP contribution in [-0.4, -0.2) is 53.8 Å². The van der Waals surface area contributed by atoms with Gasteiger partial charge in [-0.15, -0.1) is 0 Å². The molecule has 0 saturated carbocycles. The number of nitrogens with zero attached hydrogens (tertiary/aromatic N) is 3. The van der Waals surface area contributed by atoms with Gasteiger partial charge in [-0.1, -0.05) is 26.0 Å². The number of anilines is 1. The summed E-state index contributed by atoms with van der Waals surface area (Å²) in [6.07, 6.45) is 2.16. The number of carbonyl (C=O) groups excluding carboxylic acids is 2. The number of ether oxygens (including phenoxy) is 1. The lowest BCUT2D eigenvalue weighted by Gasteiger charge is -2.29. The van der Waals surface area contributed by atoms with Crippen LogP contribution in [-0.2, 0) is 31.4 Å². The number of hydrogen-bond donors (Lipinski definition) is 1. The summed E-state index contributed by atoms with van der Waals surface area (Å²) < 4.78 is 33.7. The molecule has 1 aliphatic rings. The van der Waals surface area contributed by atoms with E-state index < -0.39 is 27.8 Å². The van der Waals surface area contributed by atoms with E-state index in [2.05, 4.69) is 24.1 Å². The van der Waals surface area contributed by atoms with Crippen LogP contribution in [0.1, 0.15) is 44.0 Å². The lowest BCUT2D eigenvalue weighted by Crippen LogP contribution is -2.41. The molecule has 0 unspecified atom stereocenters. The first-order valence-electron chi connectivity index (χ1n) is 10.6. The van der Waals surface area contributed by atoms with Crippen LogP contribution in [0.25, 0.3) is 0 Å². The standard InChI is InChI=1S/C22H30N4O5S/c1-15(2)18-6-5-7-19(12-18)24-20(27)14-31-22(28)17-8-10-26(11-9-17)32(29,30)21-13-25(4)16(3)23-21/h5-7,12-13,15,17H,8-11,14H2,1-4H3,(H,24,27). The second kappa shape index (κ2) is 9.83. The maximum Gasteiger partial charge on any atom is 0.309 e. The Hall–Kier alpha value is -2.72. The number of rotatable bonds is 7.